The van der Waals surface area contributed by atoms with Crippen molar-refractivity contribution in [2.24, 2.45) is 7.05 Å². The molecule has 0 unspecified atom stereocenters. The Morgan fingerprint density at radius 3 is 2.57 bits per heavy atom. The van der Waals surface area contributed by atoms with Crippen LogP contribution in [0.1, 0.15) is 37.5 Å². The number of nitrogens with zero attached hydrogens (tertiary/aromatic N) is 3. The SMILES string of the molecule is Cc1nc2c(c(=O)c3ccccc3n2C)c(=O)n1C1CCCC1. The summed E-state index contributed by atoms with van der Waals surface area (Å²) in [5.74, 6) is 0.694. The van der Waals surface area contributed by atoms with Gasteiger partial charge in [0.05, 0.1) is 5.52 Å². The maximum Gasteiger partial charge on any atom is 0.267 e. The van der Waals surface area contributed by atoms with E-state index in [9.17, 15) is 9.59 Å². The highest BCUT2D eigenvalue weighted by molar-refractivity contribution is 5.91. The molecule has 0 N–H and O–H groups in total. The molecule has 0 atom stereocenters. The van der Waals surface area contributed by atoms with Crippen molar-refractivity contribution in [3.8, 4) is 0 Å². The van der Waals surface area contributed by atoms with Crippen LogP contribution in [0.3, 0.4) is 0 Å². The lowest BCUT2D eigenvalue weighted by Gasteiger charge is -2.18. The largest absolute Gasteiger partial charge is 0.328 e. The molecule has 5 nitrogen and oxygen atoms in total. The Labute approximate surface area is 133 Å². The van der Waals surface area contributed by atoms with Crippen molar-refractivity contribution in [3.05, 3.63) is 50.7 Å². The minimum absolute atomic E-state index is 0.176. The van der Waals surface area contributed by atoms with Crippen LogP contribution in [0.5, 0.6) is 0 Å². The molecule has 1 fully saturated rings. The zero-order valence-electron chi connectivity index (χ0n) is 13.4. The fourth-order valence-electron chi connectivity index (χ4n) is 3.87. The van der Waals surface area contributed by atoms with E-state index in [1.165, 1.54) is 0 Å². The Morgan fingerprint density at radius 2 is 1.83 bits per heavy atom. The maximum atomic E-state index is 13.1. The number of hydrogen-bond donors (Lipinski definition) is 0. The number of aromatic nitrogens is 3. The van der Waals surface area contributed by atoms with E-state index < -0.39 is 0 Å². The van der Waals surface area contributed by atoms with Gasteiger partial charge in [-0.25, -0.2) is 4.98 Å². The Balaban J connectivity index is 2.19. The lowest BCUT2D eigenvalue weighted by atomic mass is 10.1. The third-order valence-corrected chi connectivity index (χ3v) is 5.02. The molecule has 0 bridgehead atoms. The zero-order chi connectivity index (χ0) is 16.1. The molecule has 118 valence electrons. The van der Waals surface area contributed by atoms with Crippen LogP contribution in [-0.2, 0) is 7.05 Å². The number of benzene rings is 1. The highest BCUT2D eigenvalue weighted by atomic mass is 16.1. The smallest absolute Gasteiger partial charge is 0.267 e. The molecule has 0 saturated heterocycles. The molecule has 0 radical (unpaired) electrons. The fourth-order valence-corrected chi connectivity index (χ4v) is 3.87. The lowest BCUT2D eigenvalue weighted by molar-refractivity contribution is 0.485. The van der Waals surface area contributed by atoms with Gasteiger partial charge in [-0.15, -0.1) is 0 Å². The van der Waals surface area contributed by atoms with Gasteiger partial charge in [0, 0.05) is 18.5 Å². The maximum absolute atomic E-state index is 13.1. The van der Waals surface area contributed by atoms with E-state index in [-0.39, 0.29) is 22.4 Å². The van der Waals surface area contributed by atoms with Gasteiger partial charge in [0.25, 0.3) is 5.56 Å². The number of pyridine rings is 1. The summed E-state index contributed by atoms with van der Waals surface area (Å²) in [5.41, 5.74) is 0.879. The summed E-state index contributed by atoms with van der Waals surface area (Å²) >= 11 is 0. The Hall–Kier alpha value is -2.43. The molecule has 23 heavy (non-hydrogen) atoms. The monoisotopic (exact) mass is 309 g/mol. The van der Waals surface area contributed by atoms with E-state index in [1.807, 2.05) is 36.7 Å². The molecule has 0 amide bonds. The average Bonchev–Trinajstić information content (AvgIpc) is 3.06. The second-order valence-corrected chi connectivity index (χ2v) is 6.38. The van der Waals surface area contributed by atoms with Gasteiger partial charge in [0.15, 0.2) is 5.65 Å². The molecule has 1 aliphatic carbocycles. The zero-order valence-corrected chi connectivity index (χ0v) is 13.4. The first-order valence-corrected chi connectivity index (χ1v) is 8.10. The number of para-hydroxylation sites is 1. The lowest BCUT2D eigenvalue weighted by Crippen LogP contribution is -2.31. The van der Waals surface area contributed by atoms with Crippen LogP contribution in [0.4, 0.5) is 0 Å². The van der Waals surface area contributed by atoms with Crippen molar-refractivity contribution >= 4 is 21.9 Å². The first kappa shape index (κ1) is 14.2. The molecule has 0 spiro atoms. The minimum atomic E-state index is -0.210. The first-order valence-electron chi connectivity index (χ1n) is 8.10. The fraction of sp³-hybridized carbons (Fsp3) is 0.389. The molecular formula is C18H19N3O2. The van der Waals surface area contributed by atoms with Crippen molar-refractivity contribution in [2.45, 2.75) is 38.6 Å². The minimum Gasteiger partial charge on any atom is -0.328 e. The molecule has 4 rings (SSSR count). The van der Waals surface area contributed by atoms with Crippen LogP contribution in [-0.4, -0.2) is 14.1 Å². The van der Waals surface area contributed by atoms with Crippen molar-refractivity contribution in [1.82, 2.24) is 14.1 Å². The van der Waals surface area contributed by atoms with Gasteiger partial charge in [-0.05, 0) is 31.9 Å². The first-order chi connectivity index (χ1) is 11.1. The van der Waals surface area contributed by atoms with E-state index in [1.54, 1.807) is 10.6 Å². The highest BCUT2D eigenvalue weighted by Gasteiger charge is 2.23. The summed E-state index contributed by atoms with van der Waals surface area (Å²) in [5, 5.41) is 0.784. The van der Waals surface area contributed by atoms with Crippen molar-refractivity contribution in [3.63, 3.8) is 0 Å². The second-order valence-electron chi connectivity index (χ2n) is 6.38. The van der Waals surface area contributed by atoms with Gasteiger partial charge in [-0.1, -0.05) is 25.0 Å². The quantitative estimate of drug-likeness (QED) is 0.649. The van der Waals surface area contributed by atoms with Gasteiger partial charge in [-0.3, -0.25) is 14.2 Å². The molecule has 3 aromatic rings. The van der Waals surface area contributed by atoms with Gasteiger partial charge in [0.1, 0.15) is 11.2 Å². The topological polar surface area (TPSA) is 56.9 Å². The van der Waals surface area contributed by atoms with E-state index >= 15 is 0 Å². The van der Waals surface area contributed by atoms with Crippen molar-refractivity contribution < 1.29 is 0 Å². The summed E-state index contributed by atoms with van der Waals surface area (Å²) in [6.07, 6.45) is 4.23. The van der Waals surface area contributed by atoms with Gasteiger partial charge in [0.2, 0.25) is 5.43 Å². The van der Waals surface area contributed by atoms with Crippen LogP contribution < -0.4 is 11.0 Å². The standard InChI is InChI=1S/C18H19N3O2/c1-11-19-17-15(18(23)21(11)12-7-3-4-8-12)16(22)13-9-5-6-10-14(13)20(17)2/h5-6,9-10,12H,3-4,7-8H2,1-2H3. The van der Waals surface area contributed by atoms with E-state index in [2.05, 4.69) is 4.98 Å². The van der Waals surface area contributed by atoms with Crippen molar-refractivity contribution in [1.29, 1.82) is 0 Å². The molecule has 1 aromatic carbocycles. The molecular weight excluding hydrogens is 290 g/mol. The Morgan fingerprint density at radius 1 is 1.13 bits per heavy atom. The average molecular weight is 309 g/mol. The van der Waals surface area contributed by atoms with Gasteiger partial charge < -0.3 is 4.57 Å². The summed E-state index contributed by atoms with van der Waals surface area (Å²) < 4.78 is 3.59. The number of aryl methyl sites for hydroxylation is 2. The molecule has 5 heteroatoms. The number of hydrogen-bond acceptors (Lipinski definition) is 3. The Bertz CT molecular complexity index is 1040. The number of fused-ring (bicyclic) bond motifs is 2. The molecule has 2 heterocycles. The summed E-state index contributed by atoms with van der Waals surface area (Å²) in [7, 11) is 1.86. The second kappa shape index (κ2) is 5.05. The third-order valence-electron chi connectivity index (χ3n) is 5.02. The predicted molar refractivity (Wildman–Crippen MR) is 91.0 cm³/mol. The molecule has 2 aromatic heterocycles. The van der Waals surface area contributed by atoms with Gasteiger partial charge >= 0.3 is 0 Å². The van der Waals surface area contributed by atoms with E-state index in [0.29, 0.717) is 16.9 Å². The van der Waals surface area contributed by atoms with Gasteiger partial charge in [-0.2, -0.15) is 0 Å². The normalized spacial score (nSPS) is 15.7. The summed E-state index contributed by atoms with van der Waals surface area (Å²) in [6, 6.07) is 7.55. The Kier molecular flexibility index (Phi) is 3.11. The van der Waals surface area contributed by atoms with E-state index in [0.717, 1.165) is 31.2 Å². The van der Waals surface area contributed by atoms with Crippen molar-refractivity contribution in [2.75, 3.05) is 0 Å². The summed E-state index contributed by atoms with van der Waals surface area (Å²) in [4.78, 5) is 30.6. The molecule has 1 aliphatic rings. The third kappa shape index (κ3) is 1.96. The van der Waals surface area contributed by atoms with Crippen LogP contribution >= 0.6 is 0 Å². The van der Waals surface area contributed by atoms with E-state index in [4.69, 9.17) is 0 Å². The highest BCUT2D eigenvalue weighted by Crippen LogP contribution is 2.29. The summed E-state index contributed by atoms with van der Waals surface area (Å²) in [6.45, 7) is 1.86. The number of rotatable bonds is 1. The predicted octanol–water partition coefficient (Wildman–Crippen LogP) is 2.67. The van der Waals surface area contributed by atoms with Crippen LogP contribution in [0, 0.1) is 6.92 Å². The molecule has 0 aliphatic heterocycles. The molecule has 1 saturated carbocycles. The van der Waals surface area contributed by atoms with Crippen LogP contribution in [0.25, 0.3) is 21.9 Å². The van der Waals surface area contributed by atoms with Crippen LogP contribution in [0.2, 0.25) is 0 Å². The van der Waals surface area contributed by atoms with Crippen LogP contribution in [0.15, 0.2) is 33.9 Å².